The lowest BCUT2D eigenvalue weighted by atomic mass is 10.1. The molecule has 0 radical (unpaired) electrons. The van der Waals surface area contributed by atoms with Gasteiger partial charge in [-0.1, -0.05) is 155 Å². The average molecular weight is 768 g/mol. The largest absolute Gasteiger partial charge is 0.465 e. The Hall–Kier alpha value is -1.19. The summed E-state index contributed by atoms with van der Waals surface area (Å²) in [4.78, 5) is 31.2. The summed E-state index contributed by atoms with van der Waals surface area (Å²) in [5.41, 5.74) is 0. The Bertz CT molecular complexity index is 838. The second kappa shape index (κ2) is 39.5. The topological polar surface area (TPSA) is 73.7 Å². The molecule has 1 heterocycles. The lowest BCUT2D eigenvalue weighted by molar-refractivity contribution is -0.143. The number of carbonyl (C=O) groups is 2. The quantitative estimate of drug-likeness (QED) is 0.0482. The Morgan fingerprint density at radius 2 is 0.923 bits per heavy atom. The summed E-state index contributed by atoms with van der Waals surface area (Å²) >= 11 is 3.78. The number of nitrogens with zero attached hydrogens (tertiary/aromatic N) is 3. The van der Waals surface area contributed by atoms with Gasteiger partial charge in [0.1, 0.15) is 13.2 Å². The molecule has 0 saturated carbocycles. The minimum atomic E-state index is -0.161. The summed E-state index contributed by atoms with van der Waals surface area (Å²) < 4.78 is 13.1. The number of hydrogen-bond acceptors (Lipinski definition) is 8. The zero-order valence-electron chi connectivity index (χ0n) is 34.0. The van der Waals surface area contributed by atoms with Crippen molar-refractivity contribution in [3.8, 4) is 0 Å². The Kier molecular flexibility index (Phi) is 37.1. The maximum absolute atomic E-state index is 12.5. The van der Waals surface area contributed by atoms with Gasteiger partial charge in [-0.15, -0.1) is 0 Å². The Morgan fingerprint density at radius 1 is 0.538 bits per heavy atom. The van der Waals surface area contributed by atoms with Crippen LogP contribution in [0.3, 0.4) is 0 Å². The molecule has 0 amide bonds. The molecular formula is C43H81N3O4S2. The first-order valence-corrected chi connectivity index (χ1v) is 24.1. The molecule has 0 fully saturated rings. The van der Waals surface area contributed by atoms with E-state index >= 15 is 0 Å². The molecule has 304 valence electrons. The first-order valence-electron chi connectivity index (χ1n) is 21.8. The van der Waals surface area contributed by atoms with Crippen LogP contribution in [-0.4, -0.2) is 82.2 Å². The van der Waals surface area contributed by atoms with E-state index in [1.165, 1.54) is 154 Å². The lowest BCUT2D eigenvalue weighted by Gasteiger charge is -2.21. The number of hydrogen-bond donors (Lipinski definition) is 0. The monoisotopic (exact) mass is 768 g/mol. The molecule has 0 spiro atoms. The van der Waals surface area contributed by atoms with Crippen molar-refractivity contribution in [3.05, 3.63) is 18.7 Å². The van der Waals surface area contributed by atoms with E-state index in [1.54, 1.807) is 12.5 Å². The highest BCUT2D eigenvalue weighted by Crippen LogP contribution is 2.15. The summed E-state index contributed by atoms with van der Waals surface area (Å²) in [6, 6.07) is 0. The molecular weight excluding hydrogens is 687 g/mol. The molecule has 52 heavy (non-hydrogen) atoms. The molecule has 7 nitrogen and oxygen atoms in total. The van der Waals surface area contributed by atoms with Gasteiger partial charge < -0.3 is 18.9 Å². The highest BCUT2D eigenvalue weighted by Gasteiger charge is 2.13. The first-order chi connectivity index (χ1) is 25.7. The summed E-state index contributed by atoms with van der Waals surface area (Å²) in [7, 11) is 0. The maximum atomic E-state index is 12.5. The van der Waals surface area contributed by atoms with Gasteiger partial charge in [0.15, 0.2) is 0 Å². The van der Waals surface area contributed by atoms with E-state index in [-0.39, 0.29) is 11.9 Å². The van der Waals surface area contributed by atoms with Crippen LogP contribution in [0.15, 0.2) is 18.7 Å². The molecule has 9 heteroatoms. The van der Waals surface area contributed by atoms with Gasteiger partial charge in [0.25, 0.3) is 0 Å². The lowest BCUT2D eigenvalue weighted by Crippen LogP contribution is -2.32. The number of aromatic nitrogens is 2. The highest BCUT2D eigenvalue weighted by atomic mass is 32.2. The predicted octanol–water partition coefficient (Wildman–Crippen LogP) is 11.9. The summed E-state index contributed by atoms with van der Waals surface area (Å²) in [5, 5.41) is 0. The van der Waals surface area contributed by atoms with E-state index in [9.17, 15) is 9.59 Å². The van der Waals surface area contributed by atoms with Gasteiger partial charge in [-0.2, -0.15) is 23.5 Å². The Balaban J connectivity index is 2.04. The average Bonchev–Trinajstić information content (AvgIpc) is 3.68. The van der Waals surface area contributed by atoms with E-state index in [4.69, 9.17) is 9.47 Å². The molecule has 0 atom stereocenters. The van der Waals surface area contributed by atoms with Crippen LogP contribution < -0.4 is 0 Å². The van der Waals surface area contributed by atoms with Gasteiger partial charge in [0.2, 0.25) is 0 Å². The number of ether oxygens (including phenoxy) is 2. The van der Waals surface area contributed by atoms with Gasteiger partial charge in [0.05, 0.1) is 19.2 Å². The van der Waals surface area contributed by atoms with Crippen molar-refractivity contribution in [2.75, 3.05) is 55.9 Å². The normalized spacial score (nSPS) is 11.4. The van der Waals surface area contributed by atoms with Crippen molar-refractivity contribution in [1.29, 1.82) is 0 Å². The van der Waals surface area contributed by atoms with Crippen LogP contribution in [-0.2, 0) is 25.6 Å². The highest BCUT2D eigenvalue weighted by molar-refractivity contribution is 7.99. The van der Waals surface area contributed by atoms with Gasteiger partial charge in [0, 0.05) is 50.1 Å². The fraction of sp³-hybridized carbons (Fsp3) is 0.884. The fourth-order valence-corrected chi connectivity index (χ4v) is 8.00. The minimum absolute atomic E-state index is 0.161. The zero-order valence-corrected chi connectivity index (χ0v) is 35.6. The fourth-order valence-electron chi connectivity index (χ4n) is 6.38. The predicted molar refractivity (Wildman–Crippen MR) is 227 cm³/mol. The van der Waals surface area contributed by atoms with E-state index < -0.39 is 0 Å². The van der Waals surface area contributed by atoms with Crippen LogP contribution in [0.1, 0.15) is 181 Å². The summed E-state index contributed by atoms with van der Waals surface area (Å²) in [6.45, 7) is 8.14. The number of rotatable bonds is 41. The molecule has 0 aromatic carbocycles. The Morgan fingerprint density at radius 3 is 1.29 bits per heavy atom. The van der Waals surface area contributed by atoms with Gasteiger partial charge >= 0.3 is 11.9 Å². The van der Waals surface area contributed by atoms with Gasteiger partial charge in [-0.25, -0.2) is 4.98 Å². The molecule has 1 aromatic rings. The van der Waals surface area contributed by atoms with Crippen LogP contribution in [0, 0.1) is 0 Å². The molecule has 1 rings (SSSR count). The molecule has 0 saturated heterocycles. The molecule has 0 aliphatic carbocycles. The van der Waals surface area contributed by atoms with Crippen molar-refractivity contribution in [1.82, 2.24) is 14.5 Å². The standard InChI is InChI=1S/C43H81N3O4S2/c1-3-5-7-9-11-13-15-17-19-21-23-25-37-51-39-35-49-42(47)27-30-45(33-34-46-32-29-44-41-46)31-28-43(48)50-36-40-52-38-26-24-22-20-18-16-14-12-10-8-6-4-2/h29,32,41H,3-28,30-31,33-40H2,1-2H3. The molecule has 1 aromatic heterocycles. The molecule has 0 unspecified atom stereocenters. The summed E-state index contributed by atoms with van der Waals surface area (Å²) in [5.74, 6) is 3.68. The second-order valence-corrected chi connectivity index (χ2v) is 17.0. The second-order valence-electron chi connectivity index (χ2n) is 14.6. The van der Waals surface area contributed by atoms with Crippen LogP contribution in [0.4, 0.5) is 0 Å². The van der Waals surface area contributed by atoms with Crippen molar-refractivity contribution in [3.63, 3.8) is 0 Å². The van der Waals surface area contributed by atoms with Crippen LogP contribution >= 0.6 is 23.5 Å². The van der Waals surface area contributed by atoms with E-state index in [0.29, 0.717) is 39.1 Å². The van der Waals surface area contributed by atoms with E-state index in [1.807, 2.05) is 34.3 Å². The van der Waals surface area contributed by atoms with Crippen molar-refractivity contribution >= 4 is 35.5 Å². The van der Waals surface area contributed by atoms with E-state index in [2.05, 4.69) is 23.7 Å². The molecule has 0 aliphatic heterocycles. The SMILES string of the molecule is CCCCCCCCCCCCCCSCCOC(=O)CCN(CCC(=O)OCCSCCCCCCCCCCCCCC)CCn1ccnc1. The third-order valence-corrected chi connectivity index (χ3v) is 11.8. The number of unbranched alkanes of at least 4 members (excludes halogenated alkanes) is 22. The first kappa shape index (κ1) is 48.8. The number of thioether (sulfide) groups is 2. The number of carbonyl (C=O) groups excluding carboxylic acids is 2. The van der Waals surface area contributed by atoms with Crippen LogP contribution in [0.25, 0.3) is 0 Å². The van der Waals surface area contributed by atoms with Crippen molar-refractivity contribution < 1.29 is 19.1 Å². The van der Waals surface area contributed by atoms with Gasteiger partial charge in [-0.3, -0.25) is 9.59 Å². The smallest absolute Gasteiger partial charge is 0.307 e. The molecule has 0 bridgehead atoms. The van der Waals surface area contributed by atoms with Crippen LogP contribution in [0.2, 0.25) is 0 Å². The van der Waals surface area contributed by atoms with E-state index in [0.717, 1.165) is 36.1 Å². The third-order valence-electron chi connectivity index (χ3n) is 9.76. The van der Waals surface area contributed by atoms with Crippen molar-refractivity contribution in [2.24, 2.45) is 0 Å². The third kappa shape index (κ3) is 34.6. The number of imidazole rings is 1. The van der Waals surface area contributed by atoms with Crippen molar-refractivity contribution in [2.45, 2.75) is 187 Å². The van der Waals surface area contributed by atoms with Crippen LogP contribution in [0.5, 0.6) is 0 Å². The Labute approximate surface area is 329 Å². The number of esters is 2. The minimum Gasteiger partial charge on any atom is -0.465 e. The molecule has 0 aliphatic rings. The van der Waals surface area contributed by atoms with Gasteiger partial charge in [-0.05, 0) is 24.3 Å². The molecule has 0 N–H and O–H groups in total. The maximum Gasteiger partial charge on any atom is 0.307 e. The summed E-state index contributed by atoms with van der Waals surface area (Å²) in [6.07, 6.45) is 39.1. The zero-order chi connectivity index (χ0) is 37.4.